The number of carboxylic acids is 1. The van der Waals surface area contributed by atoms with Crippen molar-refractivity contribution in [2.75, 3.05) is 11.1 Å². The number of rotatable bonds is 7. The molecule has 26 heavy (non-hydrogen) atoms. The maximum Gasteiger partial charge on any atom is 0.342 e. The number of hydrogen-bond donors (Lipinski definition) is 2. The van der Waals surface area contributed by atoms with Crippen molar-refractivity contribution in [3.05, 3.63) is 74.9 Å². The average molecular weight is 376 g/mol. The molecule has 9 heteroatoms. The van der Waals surface area contributed by atoms with Crippen LogP contribution in [0.2, 0.25) is 0 Å². The van der Waals surface area contributed by atoms with Crippen LogP contribution >= 0.6 is 11.8 Å². The Labute approximate surface area is 151 Å². The van der Waals surface area contributed by atoms with Crippen LogP contribution in [0.4, 0.5) is 15.8 Å². The molecule has 0 saturated carbocycles. The van der Waals surface area contributed by atoms with E-state index in [0.29, 0.717) is 11.3 Å². The van der Waals surface area contributed by atoms with E-state index in [1.165, 1.54) is 54.6 Å². The highest BCUT2D eigenvalue weighted by Gasteiger charge is 2.12. The molecule has 0 aliphatic heterocycles. The number of nitrogens with zero attached hydrogens (tertiary/aromatic N) is 1. The van der Waals surface area contributed by atoms with Crippen molar-refractivity contribution >= 4 is 41.1 Å². The number of thioether (sulfide) groups is 1. The van der Waals surface area contributed by atoms with Crippen molar-refractivity contribution in [3.8, 4) is 0 Å². The summed E-state index contributed by atoms with van der Waals surface area (Å²) in [4.78, 5) is 33.2. The Morgan fingerprint density at radius 1 is 1.15 bits per heavy atom. The quantitative estimate of drug-likeness (QED) is 0.435. The van der Waals surface area contributed by atoms with E-state index in [1.54, 1.807) is 0 Å². The molecule has 7 nitrogen and oxygen atoms in total. The molecule has 0 radical (unpaired) electrons. The molecule has 0 aliphatic carbocycles. The van der Waals surface area contributed by atoms with E-state index in [9.17, 15) is 29.2 Å². The fraction of sp³-hybridized carbons (Fsp3) is 0.0588. The van der Waals surface area contributed by atoms with Crippen molar-refractivity contribution in [3.63, 3.8) is 0 Å². The van der Waals surface area contributed by atoms with Crippen LogP contribution in [-0.2, 0) is 9.59 Å². The van der Waals surface area contributed by atoms with E-state index < -0.39 is 22.6 Å². The fourth-order valence-corrected chi connectivity index (χ4v) is 2.58. The van der Waals surface area contributed by atoms with Gasteiger partial charge < -0.3 is 10.4 Å². The molecule has 0 aromatic heterocycles. The zero-order valence-electron chi connectivity index (χ0n) is 13.2. The van der Waals surface area contributed by atoms with Crippen LogP contribution in [0.5, 0.6) is 0 Å². The van der Waals surface area contributed by atoms with Crippen LogP contribution in [0, 0.1) is 15.9 Å². The maximum atomic E-state index is 12.9. The third-order valence-electron chi connectivity index (χ3n) is 3.10. The number of nitro groups is 1. The lowest BCUT2D eigenvalue weighted by atomic mass is 10.2. The monoisotopic (exact) mass is 376 g/mol. The van der Waals surface area contributed by atoms with Gasteiger partial charge in [0.25, 0.3) is 5.69 Å². The molecule has 0 bridgehead atoms. The van der Waals surface area contributed by atoms with Gasteiger partial charge in [-0.3, -0.25) is 14.9 Å². The van der Waals surface area contributed by atoms with Gasteiger partial charge in [0.2, 0.25) is 5.91 Å². The fourth-order valence-electron chi connectivity index (χ4n) is 1.88. The number of aliphatic carboxylic acids is 1. The zero-order valence-corrected chi connectivity index (χ0v) is 14.0. The van der Waals surface area contributed by atoms with Crippen molar-refractivity contribution in [1.82, 2.24) is 0 Å². The molecular weight excluding hydrogens is 363 g/mol. The molecule has 2 aromatic rings. The number of carbonyl (C=O) groups excluding carboxylic acids is 1. The highest BCUT2D eigenvalue weighted by atomic mass is 32.2. The van der Waals surface area contributed by atoms with Crippen LogP contribution in [0.25, 0.3) is 6.08 Å². The minimum atomic E-state index is -1.21. The van der Waals surface area contributed by atoms with Gasteiger partial charge in [0.15, 0.2) is 0 Å². The number of nitrogens with one attached hydrogen (secondary N) is 1. The minimum absolute atomic E-state index is 0.0737. The van der Waals surface area contributed by atoms with Gasteiger partial charge in [-0.2, -0.15) is 0 Å². The van der Waals surface area contributed by atoms with Crippen molar-refractivity contribution in [2.24, 2.45) is 0 Å². The second-order valence-electron chi connectivity index (χ2n) is 5.01. The van der Waals surface area contributed by atoms with Crippen LogP contribution in [-0.4, -0.2) is 27.7 Å². The first-order chi connectivity index (χ1) is 12.3. The van der Waals surface area contributed by atoms with Gasteiger partial charge in [-0.25, -0.2) is 9.18 Å². The molecule has 2 rings (SSSR count). The van der Waals surface area contributed by atoms with Gasteiger partial charge in [-0.1, -0.05) is 12.1 Å². The van der Waals surface area contributed by atoms with Crippen LogP contribution in [0.3, 0.4) is 0 Å². The summed E-state index contributed by atoms with van der Waals surface area (Å²) >= 11 is 0.812. The van der Waals surface area contributed by atoms with E-state index in [4.69, 9.17) is 0 Å². The molecular formula is C17H13FN2O5S. The first kappa shape index (κ1) is 19.1. The first-order valence-electron chi connectivity index (χ1n) is 7.23. The molecule has 0 atom stereocenters. The summed E-state index contributed by atoms with van der Waals surface area (Å²) in [5.74, 6) is -2.28. The first-order valence-corrected chi connectivity index (χ1v) is 8.21. The number of non-ortho nitro benzene ring substituents is 1. The van der Waals surface area contributed by atoms with Gasteiger partial charge in [0, 0.05) is 17.8 Å². The predicted molar refractivity (Wildman–Crippen MR) is 96.2 cm³/mol. The predicted octanol–water partition coefficient (Wildman–Crippen LogP) is 3.53. The minimum Gasteiger partial charge on any atom is -0.477 e. The van der Waals surface area contributed by atoms with E-state index >= 15 is 0 Å². The number of anilines is 1. The maximum absolute atomic E-state index is 12.9. The molecule has 1 amide bonds. The average Bonchev–Trinajstić information content (AvgIpc) is 2.60. The standard InChI is InChI=1S/C17H13FN2O5S/c18-12-3-1-11(2-4-12)9-15(17(22)23)26-10-16(21)19-13-5-7-14(8-6-13)20(24)25/h1-9H,10H2,(H,19,21)(H,22,23)/b15-9+. The second-order valence-corrected chi connectivity index (χ2v) is 6.02. The molecule has 0 heterocycles. The third-order valence-corrected chi connectivity index (χ3v) is 4.11. The number of hydrogen-bond acceptors (Lipinski definition) is 5. The molecule has 2 aromatic carbocycles. The number of halogens is 1. The van der Waals surface area contributed by atoms with Gasteiger partial charge in [-0.05, 0) is 35.9 Å². The van der Waals surface area contributed by atoms with Crippen LogP contribution < -0.4 is 5.32 Å². The SMILES string of the molecule is O=C(CS/C(=C/c1ccc(F)cc1)C(=O)O)Nc1ccc([N+](=O)[O-])cc1. The molecule has 2 N–H and O–H groups in total. The lowest BCUT2D eigenvalue weighted by Gasteiger charge is -2.06. The summed E-state index contributed by atoms with van der Waals surface area (Å²) in [7, 11) is 0. The number of amides is 1. The van der Waals surface area contributed by atoms with Gasteiger partial charge in [0.1, 0.15) is 5.82 Å². The Hall–Kier alpha value is -3.20. The molecule has 0 aliphatic rings. The van der Waals surface area contributed by atoms with Crippen molar-refractivity contribution in [2.45, 2.75) is 0 Å². The van der Waals surface area contributed by atoms with E-state index in [1.807, 2.05) is 0 Å². The largest absolute Gasteiger partial charge is 0.477 e. The summed E-state index contributed by atoms with van der Waals surface area (Å²) in [6.07, 6.45) is 1.34. The Bertz CT molecular complexity index is 850. The van der Waals surface area contributed by atoms with Gasteiger partial charge in [-0.15, -0.1) is 11.8 Å². The Morgan fingerprint density at radius 3 is 2.31 bits per heavy atom. The summed E-state index contributed by atoms with van der Waals surface area (Å²) in [5.41, 5.74) is 0.750. The summed E-state index contributed by atoms with van der Waals surface area (Å²) in [6.45, 7) is 0. The Kier molecular flexibility index (Phi) is 6.45. The highest BCUT2D eigenvalue weighted by Crippen LogP contribution is 2.21. The smallest absolute Gasteiger partial charge is 0.342 e. The lowest BCUT2D eigenvalue weighted by molar-refractivity contribution is -0.384. The van der Waals surface area contributed by atoms with Crippen LogP contribution in [0.15, 0.2) is 53.4 Å². The topological polar surface area (TPSA) is 110 Å². The van der Waals surface area contributed by atoms with Gasteiger partial charge in [0.05, 0.1) is 15.6 Å². The molecule has 0 saturated heterocycles. The molecule has 0 unspecified atom stereocenters. The third kappa shape index (κ3) is 5.71. The van der Waals surface area contributed by atoms with Gasteiger partial charge >= 0.3 is 5.97 Å². The molecule has 0 spiro atoms. The van der Waals surface area contributed by atoms with E-state index in [2.05, 4.69) is 5.32 Å². The number of carboxylic acid groups (broad SMARTS) is 1. The van der Waals surface area contributed by atoms with Crippen LogP contribution in [0.1, 0.15) is 5.56 Å². The normalized spacial score (nSPS) is 11.0. The highest BCUT2D eigenvalue weighted by molar-refractivity contribution is 8.04. The van der Waals surface area contributed by atoms with E-state index in [-0.39, 0.29) is 16.3 Å². The Balaban J connectivity index is 1.97. The second kappa shape index (κ2) is 8.77. The van der Waals surface area contributed by atoms with Crippen molar-refractivity contribution < 1.29 is 24.0 Å². The number of carbonyl (C=O) groups is 2. The van der Waals surface area contributed by atoms with Crippen molar-refractivity contribution in [1.29, 1.82) is 0 Å². The Morgan fingerprint density at radius 2 is 1.77 bits per heavy atom. The molecule has 134 valence electrons. The molecule has 0 fully saturated rings. The number of nitro benzene ring substituents is 1. The van der Waals surface area contributed by atoms with E-state index in [0.717, 1.165) is 11.8 Å². The summed E-state index contributed by atoms with van der Waals surface area (Å²) in [5, 5.41) is 22.3. The summed E-state index contributed by atoms with van der Waals surface area (Å²) in [6, 6.07) is 10.5. The zero-order chi connectivity index (χ0) is 19.1. The summed E-state index contributed by atoms with van der Waals surface area (Å²) < 4.78 is 12.9. The lowest BCUT2D eigenvalue weighted by Crippen LogP contribution is -2.15. The number of benzene rings is 2.